The fourth-order valence-electron chi connectivity index (χ4n) is 2.80. The zero-order valence-corrected chi connectivity index (χ0v) is 15.0. The van der Waals surface area contributed by atoms with Gasteiger partial charge in [-0.1, -0.05) is 30.3 Å². The van der Waals surface area contributed by atoms with Crippen LogP contribution in [0.5, 0.6) is 0 Å². The minimum absolute atomic E-state index is 0.265. The minimum atomic E-state index is -0.319. The van der Waals surface area contributed by atoms with Gasteiger partial charge in [-0.05, 0) is 37.0 Å². The van der Waals surface area contributed by atoms with Gasteiger partial charge in [0.05, 0.1) is 13.2 Å². The molecule has 3 rings (SSSR count). The molecule has 0 fully saturated rings. The lowest BCUT2D eigenvalue weighted by Crippen LogP contribution is -2.31. The lowest BCUT2D eigenvalue weighted by atomic mass is 10.2. The number of amides is 1. The predicted molar refractivity (Wildman–Crippen MR) is 95.6 cm³/mol. The summed E-state index contributed by atoms with van der Waals surface area (Å²) in [6.45, 7) is 3.55. The molecule has 6 heteroatoms. The van der Waals surface area contributed by atoms with Crippen LogP contribution in [0.2, 0.25) is 0 Å². The Morgan fingerprint density at radius 3 is 2.76 bits per heavy atom. The Morgan fingerprint density at radius 1 is 1.20 bits per heavy atom. The average Bonchev–Trinajstić information content (AvgIpc) is 2.92. The highest BCUT2D eigenvalue weighted by Crippen LogP contribution is 2.28. The van der Waals surface area contributed by atoms with Gasteiger partial charge in [-0.25, -0.2) is 9.59 Å². The van der Waals surface area contributed by atoms with Crippen molar-refractivity contribution in [2.75, 3.05) is 13.2 Å². The molecule has 2 heterocycles. The quantitative estimate of drug-likeness (QED) is 0.774. The molecule has 0 bridgehead atoms. The Kier molecular flexibility index (Phi) is 5.71. The fourth-order valence-corrected chi connectivity index (χ4v) is 3.91. The molecule has 1 aliphatic heterocycles. The summed E-state index contributed by atoms with van der Waals surface area (Å²) in [5.74, 6) is -0.293. The van der Waals surface area contributed by atoms with E-state index in [9.17, 15) is 9.59 Å². The number of fused-ring (bicyclic) bond motifs is 1. The largest absolute Gasteiger partial charge is 0.462 e. The maximum Gasteiger partial charge on any atom is 0.410 e. The van der Waals surface area contributed by atoms with Crippen LogP contribution in [0.1, 0.15) is 39.0 Å². The summed E-state index contributed by atoms with van der Waals surface area (Å²) in [6.07, 6.45) is 1.40. The van der Waals surface area contributed by atoms with Crippen molar-refractivity contribution in [1.29, 1.82) is 0 Å². The Bertz CT molecular complexity index is 741. The highest BCUT2D eigenvalue weighted by atomic mass is 32.1. The number of benzene rings is 1. The topological polar surface area (TPSA) is 55.8 Å². The van der Waals surface area contributed by atoms with Gasteiger partial charge >= 0.3 is 12.1 Å². The molecule has 0 N–H and O–H groups in total. The van der Waals surface area contributed by atoms with Crippen molar-refractivity contribution in [3.05, 3.63) is 57.3 Å². The number of thiophene rings is 1. The maximum atomic E-state index is 12.4. The van der Waals surface area contributed by atoms with E-state index in [0.717, 1.165) is 28.8 Å². The first kappa shape index (κ1) is 17.5. The number of hydrogen-bond donors (Lipinski definition) is 0. The van der Waals surface area contributed by atoms with E-state index < -0.39 is 0 Å². The number of rotatable bonds is 4. The third-order valence-corrected chi connectivity index (χ3v) is 5.25. The number of nitrogens with zero attached hydrogens (tertiary/aromatic N) is 1. The summed E-state index contributed by atoms with van der Waals surface area (Å²) in [4.78, 5) is 27.8. The smallest absolute Gasteiger partial charge is 0.410 e. The summed E-state index contributed by atoms with van der Waals surface area (Å²) in [5, 5.41) is 0. The second-order valence-corrected chi connectivity index (χ2v) is 6.98. The van der Waals surface area contributed by atoms with Crippen molar-refractivity contribution < 1.29 is 19.1 Å². The standard InChI is InChI=1S/C19H21NO4S/c1-2-23-18(21)17-11-15-12-20(10-6-9-16(15)25-17)19(22)24-13-14-7-4-3-5-8-14/h3-5,7-8,11H,2,6,9-10,12-13H2,1H3. The number of hydrogen-bond acceptors (Lipinski definition) is 5. The molecule has 0 saturated carbocycles. The number of aryl methyl sites for hydroxylation is 1. The molecule has 1 aromatic heterocycles. The molecule has 0 radical (unpaired) electrons. The normalized spacial score (nSPS) is 13.7. The van der Waals surface area contributed by atoms with E-state index >= 15 is 0 Å². The van der Waals surface area contributed by atoms with Crippen LogP contribution in [-0.4, -0.2) is 30.1 Å². The molecule has 0 saturated heterocycles. The molecule has 1 aromatic carbocycles. The van der Waals surface area contributed by atoms with E-state index in [4.69, 9.17) is 9.47 Å². The lowest BCUT2D eigenvalue weighted by Gasteiger charge is -2.20. The van der Waals surface area contributed by atoms with Gasteiger partial charge in [0, 0.05) is 11.4 Å². The van der Waals surface area contributed by atoms with Crippen LogP contribution in [0.25, 0.3) is 0 Å². The van der Waals surface area contributed by atoms with Gasteiger partial charge in [0.2, 0.25) is 0 Å². The summed E-state index contributed by atoms with van der Waals surface area (Å²) in [5.41, 5.74) is 1.98. The Hall–Kier alpha value is -2.34. The van der Waals surface area contributed by atoms with Crippen molar-refractivity contribution in [2.45, 2.75) is 32.9 Å². The van der Waals surface area contributed by atoms with Gasteiger partial charge in [-0.2, -0.15) is 0 Å². The number of esters is 1. The highest BCUT2D eigenvalue weighted by molar-refractivity contribution is 7.14. The number of carbonyl (C=O) groups excluding carboxylic acids is 2. The van der Waals surface area contributed by atoms with Crippen molar-refractivity contribution >= 4 is 23.4 Å². The summed E-state index contributed by atoms with van der Waals surface area (Å²) >= 11 is 1.47. The van der Waals surface area contributed by atoms with Gasteiger partial charge in [-0.3, -0.25) is 0 Å². The van der Waals surface area contributed by atoms with Crippen molar-refractivity contribution in [2.24, 2.45) is 0 Å². The van der Waals surface area contributed by atoms with Crippen LogP contribution >= 0.6 is 11.3 Å². The summed E-state index contributed by atoms with van der Waals surface area (Å²) in [6, 6.07) is 11.5. The van der Waals surface area contributed by atoms with Crippen LogP contribution in [-0.2, 0) is 29.0 Å². The van der Waals surface area contributed by atoms with Crippen molar-refractivity contribution in [3.63, 3.8) is 0 Å². The van der Waals surface area contributed by atoms with E-state index in [2.05, 4.69) is 0 Å². The molecule has 0 atom stereocenters. The minimum Gasteiger partial charge on any atom is -0.462 e. The van der Waals surface area contributed by atoms with E-state index in [0.29, 0.717) is 24.6 Å². The SMILES string of the molecule is CCOC(=O)c1cc2c(s1)CCCN(C(=O)OCc1ccccc1)C2. The van der Waals surface area contributed by atoms with Crippen LogP contribution in [0, 0.1) is 0 Å². The Balaban J connectivity index is 1.64. The predicted octanol–water partition coefficient (Wildman–Crippen LogP) is 4.01. The molecule has 0 spiro atoms. The van der Waals surface area contributed by atoms with Gasteiger partial charge in [0.15, 0.2) is 0 Å². The number of ether oxygens (including phenoxy) is 2. The second kappa shape index (κ2) is 8.16. The first-order valence-corrected chi connectivity index (χ1v) is 9.23. The monoisotopic (exact) mass is 359 g/mol. The van der Waals surface area contributed by atoms with Gasteiger partial charge in [0.1, 0.15) is 11.5 Å². The molecular formula is C19H21NO4S. The second-order valence-electron chi connectivity index (χ2n) is 5.84. The van der Waals surface area contributed by atoms with Gasteiger partial charge in [-0.15, -0.1) is 11.3 Å². The Morgan fingerprint density at radius 2 is 2.00 bits per heavy atom. The zero-order valence-electron chi connectivity index (χ0n) is 14.2. The molecule has 25 heavy (non-hydrogen) atoms. The van der Waals surface area contributed by atoms with Crippen LogP contribution < -0.4 is 0 Å². The first-order chi connectivity index (χ1) is 12.2. The summed E-state index contributed by atoms with van der Waals surface area (Å²) in [7, 11) is 0. The maximum absolute atomic E-state index is 12.4. The zero-order chi connectivity index (χ0) is 17.6. The van der Waals surface area contributed by atoms with Crippen molar-refractivity contribution in [3.8, 4) is 0 Å². The van der Waals surface area contributed by atoms with E-state index in [-0.39, 0.29) is 18.7 Å². The van der Waals surface area contributed by atoms with Gasteiger partial charge < -0.3 is 14.4 Å². The molecular weight excluding hydrogens is 338 g/mol. The summed E-state index contributed by atoms with van der Waals surface area (Å²) < 4.78 is 10.5. The third kappa shape index (κ3) is 4.39. The molecule has 2 aromatic rings. The van der Waals surface area contributed by atoms with Crippen LogP contribution in [0.4, 0.5) is 4.79 Å². The molecule has 1 amide bonds. The van der Waals surface area contributed by atoms with E-state index in [1.54, 1.807) is 11.8 Å². The lowest BCUT2D eigenvalue weighted by molar-refractivity contribution is 0.0532. The van der Waals surface area contributed by atoms with E-state index in [1.165, 1.54) is 11.3 Å². The molecule has 1 aliphatic rings. The first-order valence-electron chi connectivity index (χ1n) is 8.41. The molecule has 5 nitrogen and oxygen atoms in total. The van der Waals surface area contributed by atoms with Crippen LogP contribution in [0.3, 0.4) is 0 Å². The molecule has 132 valence electrons. The average molecular weight is 359 g/mol. The van der Waals surface area contributed by atoms with E-state index in [1.807, 2.05) is 36.4 Å². The highest BCUT2D eigenvalue weighted by Gasteiger charge is 2.23. The molecule has 0 unspecified atom stereocenters. The van der Waals surface area contributed by atoms with Crippen LogP contribution in [0.15, 0.2) is 36.4 Å². The van der Waals surface area contributed by atoms with Crippen molar-refractivity contribution in [1.82, 2.24) is 4.90 Å². The Labute approximate surface area is 151 Å². The van der Waals surface area contributed by atoms with Gasteiger partial charge in [0.25, 0.3) is 0 Å². The third-order valence-electron chi connectivity index (χ3n) is 4.03. The fraction of sp³-hybridized carbons (Fsp3) is 0.368. The molecule has 0 aliphatic carbocycles. The number of carbonyl (C=O) groups is 2.